The van der Waals surface area contributed by atoms with Crippen LogP contribution in [0.5, 0.6) is 0 Å². The minimum atomic E-state index is -1.75. The Balaban J connectivity index is 2.54. The van der Waals surface area contributed by atoms with Crippen LogP contribution >= 0.6 is 0 Å². The molecule has 216 valence electrons. The maximum absolute atomic E-state index is 12.0. The number of ether oxygens (including phenoxy) is 7. The van der Waals surface area contributed by atoms with E-state index >= 15 is 0 Å². The largest absolute Gasteiger partial charge is 0.463 e. The molecule has 0 aromatic rings. The van der Waals surface area contributed by atoms with Crippen molar-refractivity contribution in [3.63, 3.8) is 0 Å². The maximum Gasteiger partial charge on any atom is 0.303 e. The Bertz CT molecular complexity index is 881. The maximum atomic E-state index is 12.0. The zero-order chi connectivity index (χ0) is 28.7. The van der Waals surface area contributed by atoms with E-state index in [1.807, 2.05) is 0 Å². The summed E-state index contributed by atoms with van der Waals surface area (Å²) in [6.45, 7) is 4.10. The fourth-order valence-corrected chi connectivity index (χ4v) is 4.09. The van der Waals surface area contributed by atoms with Crippen LogP contribution in [0.15, 0.2) is 0 Å². The molecule has 0 spiro atoms. The number of hydrogen-bond donors (Lipinski definition) is 4. The zero-order valence-electron chi connectivity index (χ0n) is 21.4. The fraction of sp³-hybridized carbons (Fsp3) is 0.773. The Labute approximate surface area is 217 Å². The fourth-order valence-electron chi connectivity index (χ4n) is 4.09. The highest BCUT2D eigenvalue weighted by Crippen LogP contribution is 2.33. The lowest BCUT2D eigenvalue weighted by atomic mass is 9.95. The lowest BCUT2D eigenvalue weighted by Gasteiger charge is -2.48. The smallest absolute Gasteiger partial charge is 0.303 e. The number of carbonyl (C=O) groups excluding carboxylic acids is 5. The third-order valence-electron chi connectivity index (χ3n) is 5.48. The average Bonchev–Trinajstić information content (AvgIpc) is 2.79. The molecule has 3 unspecified atom stereocenters. The van der Waals surface area contributed by atoms with Crippen molar-refractivity contribution in [1.29, 1.82) is 0 Å². The van der Waals surface area contributed by atoms with Gasteiger partial charge >= 0.3 is 23.9 Å². The molecule has 2 aliphatic heterocycles. The van der Waals surface area contributed by atoms with E-state index in [0.717, 1.165) is 34.6 Å². The quantitative estimate of drug-likeness (QED) is 0.166. The van der Waals surface area contributed by atoms with Crippen LogP contribution in [-0.2, 0) is 57.1 Å². The standard InChI is InChI=1S/C22H33NO15/c1-8(25)23-15-18(16(30)13(6-24)36-21(15)31)38-22-20(35-12(5)29)19(34-11(4)28)17(33-10(3)27)14(37-22)7-32-9(2)26/h13-22,24,30-31H,6-7H2,1-5H3,(H,23,25)/t13?,14?,15-,16+,17-,18?,19-,20-,21+,22-/m0/s1. The molecule has 38 heavy (non-hydrogen) atoms. The monoisotopic (exact) mass is 551 g/mol. The van der Waals surface area contributed by atoms with Gasteiger partial charge in [-0.25, -0.2) is 0 Å². The SMILES string of the molecule is CC(=O)N[C@H]1C(O[C@@H]2OC(COC(C)=O)[C@H](OC(C)=O)[C@H](OC(C)=O)[C@@H]2OC(C)=O)[C@H](O)C(CO)O[C@H]1O. The number of aliphatic hydroxyl groups is 3. The second-order valence-corrected chi connectivity index (χ2v) is 8.63. The van der Waals surface area contributed by atoms with E-state index in [-0.39, 0.29) is 0 Å². The van der Waals surface area contributed by atoms with Gasteiger partial charge in [0.15, 0.2) is 30.9 Å². The number of esters is 4. The van der Waals surface area contributed by atoms with E-state index in [2.05, 4.69) is 5.32 Å². The summed E-state index contributed by atoms with van der Waals surface area (Å²) in [5.74, 6) is -3.94. The summed E-state index contributed by atoms with van der Waals surface area (Å²) in [5, 5.41) is 33.1. The molecule has 0 saturated carbocycles. The molecule has 4 N–H and O–H groups in total. The number of rotatable bonds is 9. The Hall–Kier alpha value is -2.89. The third-order valence-corrected chi connectivity index (χ3v) is 5.48. The van der Waals surface area contributed by atoms with Gasteiger partial charge in [0.25, 0.3) is 0 Å². The van der Waals surface area contributed by atoms with Crippen molar-refractivity contribution >= 4 is 29.8 Å². The summed E-state index contributed by atoms with van der Waals surface area (Å²) >= 11 is 0. The lowest BCUT2D eigenvalue weighted by molar-refractivity contribution is -0.343. The molecular weight excluding hydrogens is 518 g/mol. The van der Waals surface area contributed by atoms with Gasteiger partial charge in [-0.15, -0.1) is 0 Å². The summed E-state index contributed by atoms with van der Waals surface area (Å²) in [6.07, 6.45) is -14.0. The van der Waals surface area contributed by atoms with Crippen LogP contribution in [0.2, 0.25) is 0 Å². The van der Waals surface area contributed by atoms with Crippen molar-refractivity contribution in [3.8, 4) is 0 Å². The minimum Gasteiger partial charge on any atom is -0.463 e. The normalized spacial score (nSPS) is 34.9. The average molecular weight is 551 g/mol. The van der Waals surface area contributed by atoms with Crippen molar-refractivity contribution in [2.75, 3.05) is 13.2 Å². The van der Waals surface area contributed by atoms with Crippen molar-refractivity contribution in [2.45, 2.75) is 96.0 Å². The van der Waals surface area contributed by atoms with Crippen LogP contribution < -0.4 is 5.32 Å². The highest BCUT2D eigenvalue weighted by atomic mass is 16.7. The first-order chi connectivity index (χ1) is 17.7. The molecule has 1 amide bonds. The molecule has 16 nitrogen and oxygen atoms in total. The van der Waals surface area contributed by atoms with Gasteiger partial charge < -0.3 is 53.8 Å². The first-order valence-corrected chi connectivity index (χ1v) is 11.6. The summed E-state index contributed by atoms with van der Waals surface area (Å²) in [4.78, 5) is 59.0. The third kappa shape index (κ3) is 8.31. The predicted octanol–water partition coefficient (Wildman–Crippen LogP) is -2.97. The molecule has 2 rings (SSSR count). The molecular formula is C22H33NO15. The Morgan fingerprint density at radius 3 is 1.79 bits per heavy atom. The number of nitrogens with one attached hydrogen (secondary N) is 1. The predicted molar refractivity (Wildman–Crippen MR) is 118 cm³/mol. The Morgan fingerprint density at radius 2 is 1.29 bits per heavy atom. The summed E-state index contributed by atoms with van der Waals surface area (Å²) < 4.78 is 37.7. The molecule has 2 aliphatic rings. The minimum absolute atomic E-state index is 0.523. The van der Waals surface area contributed by atoms with Gasteiger partial charge in [0, 0.05) is 34.6 Å². The van der Waals surface area contributed by atoms with Gasteiger partial charge in [-0.2, -0.15) is 0 Å². The molecule has 0 radical (unpaired) electrons. The number of aliphatic hydroxyl groups excluding tert-OH is 3. The van der Waals surface area contributed by atoms with Gasteiger partial charge in [0.05, 0.1) is 6.61 Å². The molecule has 0 bridgehead atoms. The van der Waals surface area contributed by atoms with E-state index in [0.29, 0.717) is 0 Å². The Morgan fingerprint density at radius 1 is 0.737 bits per heavy atom. The molecule has 0 aromatic carbocycles. The van der Waals surface area contributed by atoms with E-state index in [1.165, 1.54) is 0 Å². The molecule has 2 saturated heterocycles. The van der Waals surface area contributed by atoms with E-state index in [4.69, 9.17) is 33.2 Å². The molecule has 2 heterocycles. The van der Waals surface area contributed by atoms with Crippen molar-refractivity contribution in [1.82, 2.24) is 5.32 Å². The van der Waals surface area contributed by atoms with E-state index in [1.54, 1.807) is 0 Å². The van der Waals surface area contributed by atoms with Crippen LogP contribution in [0.3, 0.4) is 0 Å². The van der Waals surface area contributed by atoms with Gasteiger partial charge in [-0.05, 0) is 0 Å². The van der Waals surface area contributed by atoms with Gasteiger partial charge in [0.1, 0.15) is 37.1 Å². The Kier molecular flexibility index (Phi) is 11.4. The molecule has 0 aromatic heterocycles. The van der Waals surface area contributed by atoms with Crippen molar-refractivity contribution in [3.05, 3.63) is 0 Å². The summed E-state index contributed by atoms with van der Waals surface area (Å²) in [5.41, 5.74) is 0. The highest BCUT2D eigenvalue weighted by molar-refractivity contribution is 5.73. The van der Waals surface area contributed by atoms with Crippen LogP contribution in [0.1, 0.15) is 34.6 Å². The second kappa shape index (κ2) is 13.8. The topological polar surface area (TPSA) is 223 Å². The lowest BCUT2D eigenvalue weighted by Crippen LogP contribution is -2.68. The number of carbonyl (C=O) groups is 5. The molecule has 2 fully saturated rings. The van der Waals surface area contributed by atoms with E-state index < -0.39 is 104 Å². The molecule has 16 heteroatoms. The van der Waals surface area contributed by atoms with Crippen molar-refractivity contribution in [2.24, 2.45) is 0 Å². The van der Waals surface area contributed by atoms with Crippen LogP contribution in [-0.4, -0.2) is 120 Å². The first kappa shape index (κ1) is 31.3. The molecule has 0 aliphatic carbocycles. The summed E-state index contributed by atoms with van der Waals surface area (Å²) in [6, 6.07) is -1.41. The number of hydrogen-bond acceptors (Lipinski definition) is 15. The second-order valence-electron chi connectivity index (χ2n) is 8.63. The van der Waals surface area contributed by atoms with Gasteiger partial charge in [-0.3, -0.25) is 24.0 Å². The van der Waals surface area contributed by atoms with Gasteiger partial charge in [-0.1, -0.05) is 0 Å². The molecule has 10 atom stereocenters. The zero-order valence-corrected chi connectivity index (χ0v) is 21.4. The highest BCUT2D eigenvalue weighted by Gasteiger charge is 2.55. The van der Waals surface area contributed by atoms with Crippen LogP contribution in [0.4, 0.5) is 0 Å². The first-order valence-electron chi connectivity index (χ1n) is 11.6. The summed E-state index contributed by atoms with van der Waals surface area (Å²) in [7, 11) is 0. The van der Waals surface area contributed by atoms with Crippen LogP contribution in [0.25, 0.3) is 0 Å². The number of amides is 1. The van der Waals surface area contributed by atoms with E-state index in [9.17, 15) is 39.3 Å². The van der Waals surface area contributed by atoms with Crippen molar-refractivity contribution < 1.29 is 72.5 Å². The van der Waals surface area contributed by atoms with Crippen LogP contribution in [0, 0.1) is 0 Å². The van der Waals surface area contributed by atoms with Gasteiger partial charge in [0.2, 0.25) is 5.91 Å².